The molecule has 0 spiro atoms. The monoisotopic (exact) mass is 3000 g/mol. The van der Waals surface area contributed by atoms with Crippen molar-refractivity contribution in [2.24, 2.45) is 0 Å². The second-order valence-electron chi connectivity index (χ2n) is 2.24. The number of rotatable bonds is 0. The summed E-state index contributed by atoms with van der Waals surface area (Å²) in [4.78, 5) is 0. The van der Waals surface area contributed by atoms with Crippen LogP contribution in [0.4, 0.5) is 0 Å². The van der Waals surface area contributed by atoms with Crippen LogP contribution in [0.2, 0.25) is 0 Å². The molecule has 59 heteroatoms. The summed E-state index contributed by atoms with van der Waals surface area (Å²) in [5.41, 5.74) is 0. The van der Waals surface area contributed by atoms with Crippen molar-refractivity contribution in [2.75, 3.05) is 0 Å². The van der Waals surface area contributed by atoms with Gasteiger partial charge < -0.3 is 54.8 Å². The molecule has 0 aromatic rings. The first-order valence-electron chi connectivity index (χ1n) is 5.48. The van der Waals surface area contributed by atoms with Gasteiger partial charge in [0.1, 0.15) is 0 Å². The molecule has 6 radical (unpaired) electrons. The molecular weight excluding hydrogens is 3000 g/mol. The number of hydrogen-bond acceptors (Lipinski definition) is 30. The third-order valence-electron chi connectivity index (χ3n) is 0. The Bertz CT molecular complexity index is 903. The first-order chi connectivity index (χ1) is 17.3. The zero-order valence-electron chi connectivity index (χ0n) is 25.6. The summed E-state index contributed by atoms with van der Waals surface area (Å²) in [5, 5.41) is 0. The molecule has 0 amide bonds. The van der Waals surface area contributed by atoms with Crippen LogP contribution in [0.1, 0.15) is 0 Å². The minimum Gasteiger partial charge on any atom is 2.00 e. The summed E-state index contributed by atoms with van der Waals surface area (Å²) in [7, 11) is 0. The van der Waals surface area contributed by atoms with E-state index in [2.05, 4.69) is 0 Å². The molecule has 326 valence electrons. The fourth-order valence-corrected chi connectivity index (χ4v) is 0. The molecule has 0 rings (SSSR count). The third kappa shape index (κ3) is 2270. The van der Waals surface area contributed by atoms with E-state index in [4.69, 9.17) is 101 Å². The molecule has 0 aromatic carbocycles. The second-order valence-corrected chi connectivity index (χ2v) is 13.2. The predicted molar refractivity (Wildman–Crippen MR) is 55.1 cm³/mol. The average molecular weight is 3000 g/mol. The molecular formula is Bi3Nb10O40Sr3Ta3. The normalized spacial score (nSPS) is 4.24. The summed E-state index contributed by atoms with van der Waals surface area (Å²) in [6.45, 7) is 0. The van der Waals surface area contributed by atoms with Gasteiger partial charge in [0.05, 0.1) is 0 Å². The maximum Gasteiger partial charge on any atom is 5.00 e. The Morgan fingerprint density at radius 3 is 0.169 bits per heavy atom. The quantitative estimate of drug-likeness (QED) is 0.203. The molecule has 0 aliphatic rings. The first kappa shape index (κ1) is 197. The molecule has 0 saturated heterocycles. The van der Waals surface area contributed by atoms with E-state index in [1.807, 2.05) is 0 Å². The van der Waals surface area contributed by atoms with E-state index < -0.39 is 188 Å². The van der Waals surface area contributed by atoms with Crippen LogP contribution in [0.3, 0.4) is 0 Å². The zero-order chi connectivity index (χ0) is 35.8. The molecule has 0 aromatic heterocycles. The third-order valence-corrected chi connectivity index (χ3v) is 0. The molecule has 0 saturated carbocycles. The average Bonchev–Trinajstić information content (AvgIpc) is 2.47. The fourth-order valence-electron chi connectivity index (χ4n) is 0. The maximum absolute atomic E-state index is 8.60. The molecule has 0 unspecified atom stereocenters. The van der Waals surface area contributed by atoms with Crippen LogP contribution in [-0.2, 0) is 375 Å². The maximum atomic E-state index is 8.60. The van der Waals surface area contributed by atoms with Crippen LogP contribution in [-0.4, -0.2) is 215 Å². The van der Waals surface area contributed by atoms with Crippen molar-refractivity contribution >= 4 is 215 Å². The molecule has 0 bridgehead atoms. The predicted octanol–water partition coefficient (Wildman–Crippen LogP) is -17.8. The van der Waals surface area contributed by atoms with Crippen LogP contribution < -0.4 is 36.1 Å². The zero-order valence-corrected chi connectivity index (χ0v) is 78.1. The second kappa shape index (κ2) is 189. The van der Waals surface area contributed by atoms with Gasteiger partial charge in [0, 0.05) is 0 Å². The molecule has 0 heterocycles. The van der Waals surface area contributed by atoms with Gasteiger partial charge in [-0.2, -0.15) is 0 Å². The Kier molecular flexibility index (Phi) is 632. The van der Waals surface area contributed by atoms with Gasteiger partial charge >= 0.3 is 571 Å². The minimum atomic E-state index is -4.20. The molecule has 40 nitrogen and oxygen atoms in total. The summed E-state index contributed by atoms with van der Waals surface area (Å²) in [6, 6.07) is 0. The molecule has 0 aliphatic carbocycles. The Morgan fingerprint density at radius 2 is 0.169 bits per heavy atom. The van der Waals surface area contributed by atoms with Crippen LogP contribution in [0.25, 0.3) is 0 Å². The van der Waals surface area contributed by atoms with Crippen molar-refractivity contribution in [3.8, 4) is 0 Å². The summed E-state index contributed by atoms with van der Waals surface area (Å²) < 4.78 is 258. The summed E-state index contributed by atoms with van der Waals surface area (Å²) >= 11 is -42.0. The van der Waals surface area contributed by atoms with E-state index in [1.165, 1.54) is 0 Å². The van der Waals surface area contributed by atoms with E-state index in [-0.39, 0.29) is 337 Å². The number of hydrogen-bond donors (Lipinski definition) is 0. The van der Waals surface area contributed by atoms with Gasteiger partial charge in [0.25, 0.3) is 0 Å². The van der Waals surface area contributed by atoms with E-state index in [0.717, 1.165) is 0 Å². The van der Waals surface area contributed by atoms with Crippen molar-refractivity contribution in [3.63, 3.8) is 0 Å². The van der Waals surface area contributed by atoms with Gasteiger partial charge in [-0.25, -0.2) is 0 Å². The van der Waals surface area contributed by atoms with Gasteiger partial charge in [-0.3, -0.25) is 0 Å². The Hall–Kier alpha value is 11.9. The Morgan fingerprint density at radius 1 is 0.169 bits per heavy atom. The van der Waals surface area contributed by atoms with Gasteiger partial charge in [0.15, 0.2) is 0 Å². The van der Waals surface area contributed by atoms with Crippen LogP contribution >= 0.6 is 0 Å². The minimum absolute atomic E-state index is 0. The summed E-state index contributed by atoms with van der Waals surface area (Å²) in [5.74, 6) is 0. The molecule has 0 N–H and O–H groups in total. The van der Waals surface area contributed by atoms with Crippen LogP contribution in [0, 0.1) is 0 Å². The smallest absolute Gasteiger partial charge is 2.00 e. The SMILES string of the molecule is [Bi+3].[Bi+3].[Bi+3].[O-2].[O-2].[O-2].[O-2].[O-2].[O-2].[O-2].[O-2].[O-2].[O-2].[O]=[Nb](=[O])[O-].[O]=[Nb](=[O])[O-].[O]=[Nb](=[O])[O-].[O]=[Nb](=[O])[O-].[O]=[Nb](=[O])[O-].[O]=[Nb](=[O])[O-].[O]=[Nb](=[O])[O-].[O]=[Nb](=[O])[O-].[O]=[Nb](=[O])[O-].[O]=[Nb](=[O])[O-].[Sr+2].[Sr+2].[Sr+2].[Ta+5].[Ta+5].[Ta+5]. The fraction of sp³-hybridized carbons (Fsp3) is 0. The van der Waals surface area contributed by atoms with Gasteiger partial charge in [-0.05, 0) is 0 Å². The van der Waals surface area contributed by atoms with Crippen molar-refractivity contribution in [1.82, 2.24) is 0 Å². The Labute approximate surface area is 609 Å². The van der Waals surface area contributed by atoms with Crippen LogP contribution in [0.5, 0.6) is 0 Å². The first-order valence-corrected chi connectivity index (χ1v) is 32.4. The van der Waals surface area contributed by atoms with Crippen LogP contribution in [0.15, 0.2) is 0 Å². The molecule has 0 aliphatic heterocycles. The Balaban J connectivity index is -0.00000000606. The van der Waals surface area contributed by atoms with E-state index in [1.54, 1.807) is 0 Å². The summed E-state index contributed by atoms with van der Waals surface area (Å²) in [6.07, 6.45) is 0. The largest absolute Gasteiger partial charge is 5.00 e. The molecule has 0 atom stereocenters. The molecule has 59 heavy (non-hydrogen) atoms. The van der Waals surface area contributed by atoms with E-state index >= 15 is 0 Å². The topological polar surface area (TPSA) is 857 Å². The van der Waals surface area contributed by atoms with Crippen molar-refractivity contribution in [2.45, 2.75) is 0 Å². The van der Waals surface area contributed by atoms with Gasteiger partial charge in [0.2, 0.25) is 0 Å². The van der Waals surface area contributed by atoms with E-state index in [0.29, 0.717) is 0 Å². The molecule has 0 fully saturated rings. The van der Waals surface area contributed by atoms with Crippen molar-refractivity contribution in [1.29, 1.82) is 0 Å². The standard InChI is InChI=1S/3Bi.10Nb.40O.3Sr.3Ta/q3*+3;;;;;;;;;;;;;;;;;;;;;;;;;;;;;;;10*-2;10*-1;3*+2;3*+5. The van der Waals surface area contributed by atoms with Crippen molar-refractivity contribution < 1.29 is 411 Å². The van der Waals surface area contributed by atoms with Gasteiger partial charge in [-0.1, -0.05) is 0 Å². The van der Waals surface area contributed by atoms with E-state index in [9.17, 15) is 0 Å². The van der Waals surface area contributed by atoms with Gasteiger partial charge in [-0.15, -0.1) is 0 Å². The van der Waals surface area contributed by atoms with Crippen molar-refractivity contribution in [3.05, 3.63) is 0 Å².